The summed E-state index contributed by atoms with van der Waals surface area (Å²) in [5.74, 6) is -1.08. The maximum Gasteiger partial charge on any atom is 0.332 e. The Bertz CT molecular complexity index is 538. The molecular weight excluding hydrogens is 350 g/mol. The Hall–Kier alpha value is -1.53. The summed E-state index contributed by atoms with van der Waals surface area (Å²) >= 11 is 0. The van der Waals surface area contributed by atoms with E-state index in [1.165, 1.54) is 11.1 Å². The number of hydrogen-bond donors (Lipinski definition) is 2. The van der Waals surface area contributed by atoms with Gasteiger partial charge < -0.3 is 16.2 Å². The molecule has 156 valence electrons. The van der Waals surface area contributed by atoms with Gasteiger partial charge in [-0.15, -0.1) is 0 Å². The van der Waals surface area contributed by atoms with Gasteiger partial charge in [-0.2, -0.15) is 0 Å². The first-order valence-electron chi connectivity index (χ1n) is 9.52. The monoisotopic (exact) mass is 386 g/mol. The highest BCUT2D eigenvalue weighted by Gasteiger charge is 2.44. The zero-order valence-corrected chi connectivity index (χ0v) is 17.2. The Labute approximate surface area is 162 Å². The van der Waals surface area contributed by atoms with Crippen LogP contribution in [0.4, 0.5) is 8.78 Å². The van der Waals surface area contributed by atoms with Crippen LogP contribution in [0.1, 0.15) is 66.2 Å². The summed E-state index contributed by atoms with van der Waals surface area (Å²) in [7, 11) is 0. The van der Waals surface area contributed by atoms with Crippen molar-refractivity contribution in [1.82, 2.24) is 0 Å². The van der Waals surface area contributed by atoms with Crippen molar-refractivity contribution in [1.29, 1.82) is 0 Å². The van der Waals surface area contributed by atoms with Gasteiger partial charge in [0.15, 0.2) is 5.54 Å². The van der Waals surface area contributed by atoms with E-state index in [-0.39, 0.29) is 26.0 Å². The van der Waals surface area contributed by atoms with Crippen molar-refractivity contribution in [2.75, 3.05) is 13.2 Å². The number of carbonyl (C=O) groups excluding carboxylic acids is 1. The highest BCUT2D eigenvalue weighted by Crippen LogP contribution is 2.21. The lowest BCUT2D eigenvalue weighted by Gasteiger charge is -2.25. The summed E-state index contributed by atoms with van der Waals surface area (Å²) < 4.78 is 31.2. The van der Waals surface area contributed by atoms with Crippen LogP contribution in [0.3, 0.4) is 0 Å². The predicted octanol–water partition coefficient (Wildman–Crippen LogP) is 4.65. The molecule has 0 aromatic rings. The fraction of sp³-hybridized carbons (Fsp3) is 0.667. The first-order valence-corrected chi connectivity index (χ1v) is 9.52. The van der Waals surface area contributed by atoms with Crippen molar-refractivity contribution in [3.05, 3.63) is 34.9 Å². The number of alkyl halides is 2. The van der Waals surface area contributed by atoms with Crippen molar-refractivity contribution < 1.29 is 18.3 Å². The van der Waals surface area contributed by atoms with E-state index < -0.39 is 17.9 Å². The number of nitrogens with two attached hydrogens (primary N) is 2. The minimum atomic E-state index is -2.99. The third-order valence-corrected chi connectivity index (χ3v) is 4.33. The van der Waals surface area contributed by atoms with Crippen LogP contribution in [0.15, 0.2) is 34.9 Å². The molecule has 0 fully saturated rings. The summed E-state index contributed by atoms with van der Waals surface area (Å²) in [6, 6.07) is 0. The van der Waals surface area contributed by atoms with E-state index in [0.29, 0.717) is 0 Å². The minimum absolute atomic E-state index is 0.0533. The fourth-order valence-electron chi connectivity index (χ4n) is 2.43. The van der Waals surface area contributed by atoms with E-state index in [1.807, 2.05) is 6.92 Å². The number of rotatable bonds is 13. The SMILES string of the molecule is CC(C)=CCC/C(C)=C/CC/C(C)=C/COC(=O)C(N)(CCCN)C(F)F. The number of halogens is 2. The number of hydrogen-bond acceptors (Lipinski definition) is 4. The molecule has 0 aliphatic heterocycles. The molecule has 0 aromatic carbocycles. The van der Waals surface area contributed by atoms with Crippen molar-refractivity contribution in [3.63, 3.8) is 0 Å². The molecule has 0 spiro atoms. The molecular formula is C21H36F2N2O2. The third-order valence-electron chi connectivity index (χ3n) is 4.33. The highest BCUT2D eigenvalue weighted by atomic mass is 19.3. The summed E-state index contributed by atoms with van der Waals surface area (Å²) in [5, 5.41) is 0. The Morgan fingerprint density at radius 1 is 1.04 bits per heavy atom. The molecule has 0 saturated heterocycles. The van der Waals surface area contributed by atoms with Crippen LogP contribution in [-0.2, 0) is 9.53 Å². The Kier molecular flexibility index (Phi) is 12.8. The van der Waals surface area contributed by atoms with Gasteiger partial charge in [0.05, 0.1) is 0 Å². The van der Waals surface area contributed by atoms with Gasteiger partial charge in [-0.1, -0.05) is 28.9 Å². The Morgan fingerprint density at radius 2 is 1.59 bits per heavy atom. The second-order valence-corrected chi connectivity index (χ2v) is 7.29. The Balaban J connectivity index is 4.37. The molecule has 0 rings (SSSR count). The lowest BCUT2D eigenvalue weighted by atomic mass is 9.95. The maximum absolute atomic E-state index is 13.1. The summed E-state index contributed by atoms with van der Waals surface area (Å²) in [4.78, 5) is 11.9. The van der Waals surface area contributed by atoms with Gasteiger partial charge in [0.2, 0.25) is 0 Å². The van der Waals surface area contributed by atoms with Gasteiger partial charge in [0, 0.05) is 0 Å². The lowest BCUT2D eigenvalue weighted by molar-refractivity contribution is -0.155. The normalized spacial score (nSPS) is 14.9. The van der Waals surface area contributed by atoms with Crippen LogP contribution < -0.4 is 11.5 Å². The predicted molar refractivity (Wildman–Crippen MR) is 108 cm³/mol. The van der Waals surface area contributed by atoms with Crippen molar-refractivity contribution in [3.8, 4) is 0 Å². The van der Waals surface area contributed by atoms with Crippen molar-refractivity contribution >= 4 is 5.97 Å². The molecule has 1 unspecified atom stereocenters. The minimum Gasteiger partial charge on any atom is -0.460 e. The molecule has 1 atom stereocenters. The molecule has 0 saturated carbocycles. The van der Waals surface area contributed by atoms with E-state index in [9.17, 15) is 13.6 Å². The lowest BCUT2D eigenvalue weighted by Crippen LogP contribution is -2.55. The summed E-state index contributed by atoms with van der Waals surface area (Å²) in [6.07, 6.45) is 7.03. The van der Waals surface area contributed by atoms with E-state index in [0.717, 1.165) is 31.3 Å². The van der Waals surface area contributed by atoms with E-state index in [2.05, 4.69) is 32.9 Å². The molecule has 0 heterocycles. The highest BCUT2D eigenvalue weighted by molar-refractivity contribution is 5.81. The number of allylic oxidation sites excluding steroid dienone is 5. The molecule has 0 amide bonds. The molecule has 0 aromatic heterocycles. The zero-order valence-electron chi connectivity index (χ0n) is 17.2. The molecule has 0 aliphatic carbocycles. The topological polar surface area (TPSA) is 78.3 Å². The van der Waals surface area contributed by atoms with Gasteiger partial charge in [0.25, 0.3) is 6.43 Å². The first kappa shape index (κ1) is 25.5. The van der Waals surface area contributed by atoms with Crippen LogP contribution in [0.25, 0.3) is 0 Å². The standard InChI is InChI=1S/C21H36F2N2O2/c1-16(2)8-5-9-17(3)10-6-11-18(4)12-15-27-20(26)21(25,19(22)23)13-7-14-24/h8,10,12,19H,5-7,9,11,13-15,24-25H2,1-4H3/b17-10+,18-12+. The second kappa shape index (κ2) is 13.6. The summed E-state index contributed by atoms with van der Waals surface area (Å²) in [6.45, 7) is 8.37. The fourth-order valence-corrected chi connectivity index (χ4v) is 2.43. The van der Waals surface area contributed by atoms with Crippen LogP contribution in [-0.4, -0.2) is 31.1 Å². The number of carbonyl (C=O) groups is 1. The van der Waals surface area contributed by atoms with Gasteiger partial charge in [0.1, 0.15) is 6.61 Å². The summed E-state index contributed by atoms with van der Waals surface area (Å²) in [5.41, 5.74) is 12.3. The van der Waals surface area contributed by atoms with Crippen molar-refractivity contribution in [2.45, 2.75) is 78.2 Å². The zero-order chi connectivity index (χ0) is 20.9. The van der Waals surface area contributed by atoms with Crippen LogP contribution in [0.2, 0.25) is 0 Å². The maximum atomic E-state index is 13.1. The average molecular weight is 387 g/mol. The molecule has 4 N–H and O–H groups in total. The van der Waals surface area contributed by atoms with Crippen LogP contribution in [0, 0.1) is 0 Å². The average Bonchev–Trinajstić information content (AvgIpc) is 2.58. The largest absolute Gasteiger partial charge is 0.460 e. The second-order valence-electron chi connectivity index (χ2n) is 7.29. The Morgan fingerprint density at radius 3 is 2.11 bits per heavy atom. The molecule has 6 heteroatoms. The van der Waals surface area contributed by atoms with E-state index in [1.54, 1.807) is 6.08 Å². The van der Waals surface area contributed by atoms with E-state index in [4.69, 9.17) is 16.2 Å². The molecule has 0 radical (unpaired) electrons. The molecule has 27 heavy (non-hydrogen) atoms. The first-order chi connectivity index (χ1) is 12.6. The van der Waals surface area contributed by atoms with Crippen LogP contribution in [0.5, 0.6) is 0 Å². The van der Waals surface area contributed by atoms with Gasteiger partial charge in [-0.05, 0) is 78.8 Å². The quantitative estimate of drug-likeness (QED) is 0.357. The van der Waals surface area contributed by atoms with Gasteiger partial charge >= 0.3 is 5.97 Å². The molecule has 4 nitrogen and oxygen atoms in total. The molecule has 0 bridgehead atoms. The van der Waals surface area contributed by atoms with Gasteiger partial charge in [-0.3, -0.25) is 0 Å². The number of ether oxygens (including phenoxy) is 1. The smallest absolute Gasteiger partial charge is 0.332 e. The number of esters is 1. The van der Waals surface area contributed by atoms with Crippen LogP contribution >= 0.6 is 0 Å². The van der Waals surface area contributed by atoms with Crippen molar-refractivity contribution in [2.24, 2.45) is 11.5 Å². The van der Waals surface area contributed by atoms with E-state index >= 15 is 0 Å². The van der Waals surface area contributed by atoms with Gasteiger partial charge in [-0.25, -0.2) is 13.6 Å². The third kappa shape index (κ3) is 11.0. The molecule has 0 aliphatic rings.